The van der Waals surface area contributed by atoms with Crippen molar-refractivity contribution in [1.82, 2.24) is 15.6 Å². The van der Waals surface area contributed by atoms with Crippen LogP contribution in [0.1, 0.15) is 28.0 Å². The fraction of sp³-hybridized carbons (Fsp3) is 0.211. The molecule has 1 heterocycles. The molecule has 0 aliphatic heterocycles. The zero-order valence-corrected chi connectivity index (χ0v) is 14.0. The molecule has 0 radical (unpaired) electrons. The number of benzene rings is 1. The van der Waals surface area contributed by atoms with Crippen molar-refractivity contribution in [3.63, 3.8) is 0 Å². The lowest BCUT2D eigenvalue weighted by atomic mass is 10.2. The summed E-state index contributed by atoms with van der Waals surface area (Å²) in [5.74, 6) is -0.610. The van der Waals surface area contributed by atoms with Gasteiger partial charge in [-0.1, -0.05) is 30.3 Å². The molecule has 2 aromatic rings. The Hall–Kier alpha value is -3.15. The largest absolute Gasteiger partial charge is 0.352 e. The quantitative estimate of drug-likeness (QED) is 0.529. The van der Waals surface area contributed by atoms with Crippen LogP contribution in [0.5, 0.6) is 0 Å². The lowest BCUT2D eigenvalue weighted by Crippen LogP contribution is -2.32. The van der Waals surface area contributed by atoms with E-state index in [4.69, 9.17) is 0 Å². The normalized spacial score (nSPS) is 10.6. The molecule has 0 saturated heterocycles. The number of hydrogen-bond acceptors (Lipinski definition) is 3. The van der Waals surface area contributed by atoms with Gasteiger partial charge in [-0.2, -0.15) is 0 Å². The molecule has 25 heavy (non-hydrogen) atoms. The molecule has 3 N–H and O–H groups in total. The molecule has 130 valence electrons. The van der Waals surface area contributed by atoms with Gasteiger partial charge in [-0.25, -0.2) is 0 Å². The smallest absolute Gasteiger partial charge is 0.260 e. The first kappa shape index (κ1) is 18.2. The van der Waals surface area contributed by atoms with E-state index < -0.39 is 11.5 Å². The lowest BCUT2D eigenvalue weighted by molar-refractivity contribution is -0.116. The number of aryl methyl sites for hydroxylation is 1. The van der Waals surface area contributed by atoms with Crippen LogP contribution in [0.25, 0.3) is 6.08 Å². The number of amides is 2. The van der Waals surface area contributed by atoms with E-state index in [1.54, 1.807) is 19.1 Å². The van der Waals surface area contributed by atoms with Crippen molar-refractivity contribution in [2.45, 2.75) is 13.3 Å². The van der Waals surface area contributed by atoms with Crippen LogP contribution in [-0.4, -0.2) is 29.9 Å². The van der Waals surface area contributed by atoms with Crippen LogP contribution in [0, 0.1) is 6.92 Å². The summed E-state index contributed by atoms with van der Waals surface area (Å²) in [7, 11) is 0. The number of hydrogen-bond donors (Lipinski definition) is 3. The number of rotatable bonds is 7. The molecule has 0 aliphatic carbocycles. The van der Waals surface area contributed by atoms with Gasteiger partial charge in [0.2, 0.25) is 5.91 Å². The molecule has 0 bridgehead atoms. The van der Waals surface area contributed by atoms with Gasteiger partial charge < -0.3 is 15.6 Å². The van der Waals surface area contributed by atoms with Crippen molar-refractivity contribution < 1.29 is 9.59 Å². The van der Waals surface area contributed by atoms with Crippen molar-refractivity contribution in [1.29, 1.82) is 0 Å². The third kappa shape index (κ3) is 6.10. The van der Waals surface area contributed by atoms with E-state index >= 15 is 0 Å². The van der Waals surface area contributed by atoms with E-state index in [1.165, 1.54) is 12.1 Å². The minimum atomic E-state index is -0.420. The number of nitrogens with one attached hydrogen (secondary N) is 3. The van der Waals surface area contributed by atoms with Crippen LogP contribution in [0.4, 0.5) is 0 Å². The van der Waals surface area contributed by atoms with E-state index in [1.807, 2.05) is 30.3 Å². The van der Waals surface area contributed by atoms with Gasteiger partial charge in [0.15, 0.2) is 0 Å². The average Bonchev–Trinajstić information content (AvgIpc) is 2.60. The fourth-order valence-electron chi connectivity index (χ4n) is 2.14. The number of carbonyl (C=O) groups is 2. The molecule has 6 nitrogen and oxygen atoms in total. The van der Waals surface area contributed by atoms with Crippen molar-refractivity contribution in [3.8, 4) is 0 Å². The van der Waals surface area contributed by atoms with E-state index in [0.717, 1.165) is 5.56 Å². The highest BCUT2D eigenvalue weighted by Gasteiger charge is 2.09. The summed E-state index contributed by atoms with van der Waals surface area (Å²) in [6, 6.07) is 12.7. The molecule has 0 aliphatic rings. The minimum absolute atomic E-state index is 0.0837. The molecule has 2 rings (SSSR count). The monoisotopic (exact) mass is 339 g/mol. The molecule has 1 aromatic carbocycles. The second-order valence-corrected chi connectivity index (χ2v) is 5.53. The maximum Gasteiger partial charge on any atom is 0.260 e. The van der Waals surface area contributed by atoms with E-state index in [2.05, 4.69) is 15.6 Å². The summed E-state index contributed by atoms with van der Waals surface area (Å²) in [5, 5.41) is 5.40. The predicted octanol–water partition coefficient (Wildman–Crippen LogP) is 1.63. The third-order valence-corrected chi connectivity index (χ3v) is 3.47. The van der Waals surface area contributed by atoms with Gasteiger partial charge in [0, 0.05) is 24.9 Å². The lowest BCUT2D eigenvalue weighted by Gasteiger charge is -2.05. The Morgan fingerprint density at radius 2 is 1.76 bits per heavy atom. The number of aromatic amines is 1. The Bertz CT molecular complexity index is 810. The highest BCUT2D eigenvalue weighted by atomic mass is 16.2. The summed E-state index contributed by atoms with van der Waals surface area (Å²) in [4.78, 5) is 37.8. The third-order valence-electron chi connectivity index (χ3n) is 3.47. The second kappa shape index (κ2) is 9.22. The summed E-state index contributed by atoms with van der Waals surface area (Å²) in [5.41, 5.74) is 1.33. The maximum absolute atomic E-state index is 11.9. The molecule has 0 saturated carbocycles. The van der Waals surface area contributed by atoms with Gasteiger partial charge in [0.05, 0.1) is 0 Å². The summed E-state index contributed by atoms with van der Waals surface area (Å²) < 4.78 is 0. The van der Waals surface area contributed by atoms with Crippen LogP contribution < -0.4 is 16.2 Å². The Morgan fingerprint density at radius 3 is 2.48 bits per heavy atom. The van der Waals surface area contributed by atoms with Crippen molar-refractivity contribution in [3.05, 3.63) is 75.7 Å². The van der Waals surface area contributed by atoms with Gasteiger partial charge in [-0.05, 0) is 37.1 Å². The van der Waals surface area contributed by atoms with Crippen molar-refractivity contribution in [2.75, 3.05) is 13.1 Å². The van der Waals surface area contributed by atoms with Gasteiger partial charge in [0.25, 0.3) is 11.5 Å². The Balaban J connectivity index is 1.67. The first-order valence-electron chi connectivity index (χ1n) is 8.05. The molecule has 0 unspecified atom stereocenters. The van der Waals surface area contributed by atoms with Crippen LogP contribution >= 0.6 is 0 Å². The van der Waals surface area contributed by atoms with Gasteiger partial charge >= 0.3 is 0 Å². The molecule has 0 fully saturated rings. The molecule has 0 spiro atoms. The Kier molecular flexibility index (Phi) is 6.71. The van der Waals surface area contributed by atoms with Crippen LogP contribution in [0.2, 0.25) is 0 Å². The Morgan fingerprint density at radius 1 is 1.04 bits per heavy atom. The second-order valence-electron chi connectivity index (χ2n) is 5.53. The first-order chi connectivity index (χ1) is 12.1. The standard InChI is InChI=1S/C19H21N3O3/c1-14-8-10-16(19(25)22-14)18(24)21-13-5-12-20-17(23)11-9-15-6-3-2-4-7-15/h2-4,6-11H,5,12-13H2,1H3,(H,20,23)(H,21,24)(H,22,25). The molecule has 1 aromatic heterocycles. The van der Waals surface area contributed by atoms with Gasteiger partial charge in [0.1, 0.15) is 5.56 Å². The maximum atomic E-state index is 11.9. The predicted molar refractivity (Wildman–Crippen MR) is 97.2 cm³/mol. The molecule has 2 amide bonds. The van der Waals surface area contributed by atoms with Crippen molar-refractivity contribution in [2.24, 2.45) is 0 Å². The summed E-state index contributed by atoms with van der Waals surface area (Å²) in [6.45, 7) is 2.55. The molecule has 6 heteroatoms. The van der Waals surface area contributed by atoms with Crippen molar-refractivity contribution >= 4 is 17.9 Å². The average molecular weight is 339 g/mol. The van der Waals surface area contributed by atoms with E-state index in [-0.39, 0.29) is 11.5 Å². The van der Waals surface area contributed by atoms with E-state index in [0.29, 0.717) is 25.2 Å². The summed E-state index contributed by atoms with van der Waals surface area (Å²) in [6.07, 6.45) is 3.78. The van der Waals surface area contributed by atoms with Crippen LogP contribution in [0.3, 0.4) is 0 Å². The van der Waals surface area contributed by atoms with E-state index in [9.17, 15) is 14.4 Å². The zero-order valence-electron chi connectivity index (χ0n) is 14.0. The zero-order chi connectivity index (χ0) is 18.1. The number of pyridine rings is 1. The highest BCUT2D eigenvalue weighted by Crippen LogP contribution is 2.00. The SMILES string of the molecule is Cc1ccc(C(=O)NCCCNC(=O)C=Cc2ccccc2)c(=O)[nH]1. The molecule has 0 atom stereocenters. The topological polar surface area (TPSA) is 91.1 Å². The number of aromatic nitrogens is 1. The van der Waals surface area contributed by atoms with Crippen LogP contribution in [0.15, 0.2) is 53.3 Å². The molecular weight excluding hydrogens is 318 g/mol. The summed E-state index contributed by atoms with van der Waals surface area (Å²) >= 11 is 0. The minimum Gasteiger partial charge on any atom is -0.352 e. The molecular formula is C19H21N3O3. The number of carbonyl (C=O) groups excluding carboxylic acids is 2. The number of H-pyrrole nitrogens is 1. The highest BCUT2D eigenvalue weighted by molar-refractivity contribution is 5.93. The van der Waals surface area contributed by atoms with Gasteiger partial charge in [-0.15, -0.1) is 0 Å². The fourth-order valence-corrected chi connectivity index (χ4v) is 2.14. The first-order valence-corrected chi connectivity index (χ1v) is 8.05. The van der Waals surface area contributed by atoms with Crippen LogP contribution in [-0.2, 0) is 4.79 Å². The Labute approximate surface area is 146 Å². The van der Waals surface area contributed by atoms with Gasteiger partial charge in [-0.3, -0.25) is 14.4 Å².